The molecule has 2 heteroatoms. The highest BCUT2D eigenvalue weighted by Crippen LogP contribution is 2.27. The number of aryl methyl sites for hydroxylation is 1. The highest BCUT2D eigenvalue weighted by Gasteiger charge is 2.22. The van der Waals surface area contributed by atoms with Crippen LogP contribution in [0.5, 0.6) is 0 Å². The van der Waals surface area contributed by atoms with Crippen LogP contribution in [0.1, 0.15) is 50.2 Å². The highest BCUT2D eigenvalue weighted by atomic mass is 15.2. The van der Waals surface area contributed by atoms with Gasteiger partial charge in [0.2, 0.25) is 0 Å². The van der Waals surface area contributed by atoms with Gasteiger partial charge in [-0.25, -0.2) is 0 Å². The molecule has 1 aromatic carbocycles. The first-order valence-corrected chi connectivity index (χ1v) is 7.37. The molecule has 2 nitrogen and oxygen atoms in total. The first-order valence-electron chi connectivity index (χ1n) is 7.37. The van der Waals surface area contributed by atoms with Crippen LogP contribution in [0.4, 0.5) is 0 Å². The molecule has 0 heterocycles. The summed E-state index contributed by atoms with van der Waals surface area (Å²) in [5, 5.41) is 0. The van der Waals surface area contributed by atoms with E-state index in [2.05, 4.69) is 36.6 Å². The SMILES string of the molecule is CCc1ccc(CC(NN)C2CCCCC2)cc1. The molecule has 1 saturated carbocycles. The normalized spacial score (nSPS) is 18.8. The van der Waals surface area contributed by atoms with Gasteiger partial charge < -0.3 is 0 Å². The minimum atomic E-state index is 0.442. The number of benzene rings is 1. The number of rotatable bonds is 5. The number of nitrogens with two attached hydrogens (primary N) is 1. The van der Waals surface area contributed by atoms with E-state index in [0.717, 1.165) is 18.8 Å². The van der Waals surface area contributed by atoms with E-state index in [1.54, 1.807) is 0 Å². The summed E-state index contributed by atoms with van der Waals surface area (Å²) in [6, 6.07) is 9.43. The second-order valence-corrected chi connectivity index (χ2v) is 5.55. The number of hydrazine groups is 1. The van der Waals surface area contributed by atoms with E-state index in [-0.39, 0.29) is 0 Å². The third kappa shape index (κ3) is 3.56. The molecule has 0 saturated heterocycles. The maximum absolute atomic E-state index is 5.76. The Bertz CT molecular complexity index is 339. The molecule has 100 valence electrons. The van der Waals surface area contributed by atoms with E-state index >= 15 is 0 Å². The summed E-state index contributed by atoms with van der Waals surface area (Å²) in [4.78, 5) is 0. The van der Waals surface area contributed by atoms with E-state index in [4.69, 9.17) is 5.84 Å². The summed E-state index contributed by atoms with van der Waals surface area (Å²) in [6.07, 6.45) is 8.99. The molecule has 0 bridgehead atoms. The predicted molar refractivity (Wildman–Crippen MR) is 77.2 cm³/mol. The van der Waals surface area contributed by atoms with Gasteiger partial charge in [0.25, 0.3) is 0 Å². The Hall–Kier alpha value is -0.860. The molecule has 1 unspecified atom stereocenters. The zero-order valence-corrected chi connectivity index (χ0v) is 11.5. The fraction of sp³-hybridized carbons (Fsp3) is 0.625. The summed E-state index contributed by atoms with van der Waals surface area (Å²) in [5.41, 5.74) is 5.86. The molecule has 2 rings (SSSR count). The lowest BCUT2D eigenvalue weighted by atomic mass is 9.82. The fourth-order valence-electron chi connectivity index (χ4n) is 3.06. The Labute approximate surface area is 111 Å². The lowest BCUT2D eigenvalue weighted by molar-refractivity contribution is 0.268. The van der Waals surface area contributed by atoms with Crippen LogP contribution in [0, 0.1) is 5.92 Å². The summed E-state index contributed by atoms with van der Waals surface area (Å²) in [7, 11) is 0. The maximum atomic E-state index is 5.76. The van der Waals surface area contributed by atoms with Crippen molar-refractivity contribution in [3.8, 4) is 0 Å². The molecule has 3 N–H and O–H groups in total. The maximum Gasteiger partial charge on any atom is 0.0279 e. The van der Waals surface area contributed by atoms with Crippen molar-refractivity contribution in [3.05, 3.63) is 35.4 Å². The highest BCUT2D eigenvalue weighted by molar-refractivity contribution is 5.23. The van der Waals surface area contributed by atoms with E-state index in [0.29, 0.717) is 6.04 Å². The summed E-state index contributed by atoms with van der Waals surface area (Å²) in [5.74, 6) is 6.52. The monoisotopic (exact) mass is 246 g/mol. The molecular formula is C16H26N2. The molecule has 18 heavy (non-hydrogen) atoms. The van der Waals surface area contributed by atoms with Crippen molar-refractivity contribution < 1.29 is 0 Å². The van der Waals surface area contributed by atoms with Crippen LogP contribution in [-0.2, 0) is 12.8 Å². The topological polar surface area (TPSA) is 38.0 Å². The zero-order chi connectivity index (χ0) is 12.8. The van der Waals surface area contributed by atoms with Crippen molar-refractivity contribution in [2.75, 3.05) is 0 Å². The predicted octanol–water partition coefficient (Wildman–Crippen LogP) is 3.20. The molecule has 1 aliphatic carbocycles. The molecule has 1 fully saturated rings. The number of hydrogen-bond donors (Lipinski definition) is 2. The van der Waals surface area contributed by atoms with Crippen LogP contribution in [0.2, 0.25) is 0 Å². The van der Waals surface area contributed by atoms with E-state index in [1.165, 1.54) is 43.2 Å². The minimum absolute atomic E-state index is 0.442. The van der Waals surface area contributed by atoms with Crippen molar-refractivity contribution in [1.29, 1.82) is 0 Å². The minimum Gasteiger partial charge on any atom is -0.271 e. The third-order valence-electron chi connectivity index (χ3n) is 4.32. The van der Waals surface area contributed by atoms with Crippen LogP contribution in [0.25, 0.3) is 0 Å². The first-order chi connectivity index (χ1) is 8.83. The van der Waals surface area contributed by atoms with Gasteiger partial charge in [0, 0.05) is 6.04 Å². The zero-order valence-electron chi connectivity index (χ0n) is 11.5. The van der Waals surface area contributed by atoms with Crippen molar-refractivity contribution >= 4 is 0 Å². The van der Waals surface area contributed by atoms with Crippen molar-refractivity contribution in [2.24, 2.45) is 11.8 Å². The smallest absolute Gasteiger partial charge is 0.0279 e. The van der Waals surface area contributed by atoms with Crippen LogP contribution < -0.4 is 11.3 Å². The van der Waals surface area contributed by atoms with Crippen molar-refractivity contribution in [1.82, 2.24) is 5.43 Å². The summed E-state index contributed by atoms with van der Waals surface area (Å²) >= 11 is 0. The third-order valence-corrected chi connectivity index (χ3v) is 4.32. The Morgan fingerprint density at radius 1 is 1.11 bits per heavy atom. The molecule has 1 aliphatic rings. The van der Waals surface area contributed by atoms with E-state index in [1.807, 2.05) is 0 Å². The van der Waals surface area contributed by atoms with Gasteiger partial charge in [-0.2, -0.15) is 0 Å². The Balaban J connectivity index is 1.95. The molecule has 1 atom stereocenters. The van der Waals surface area contributed by atoms with Crippen LogP contribution in [-0.4, -0.2) is 6.04 Å². The lowest BCUT2D eigenvalue weighted by Crippen LogP contribution is -2.43. The average Bonchev–Trinajstić information content (AvgIpc) is 2.46. The Kier molecular flexibility index (Phi) is 5.21. The van der Waals surface area contributed by atoms with Gasteiger partial charge in [0.15, 0.2) is 0 Å². The summed E-state index contributed by atoms with van der Waals surface area (Å²) in [6.45, 7) is 2.20. The van der Waals surface area contributed by atoms with Crippen molar-refractivity contribution in [3.63, 3.8) is 0 Å². The van der Waals surface area contributed by atoms with Gasteiger partial charge in [-0.3, -0.25) is 11.3 Å². The lowest BCUT2D eigenvalue weighted by Gasteiger charge is -2.29. The van der Waals surface area contributed by atoms with E-state index < -0.39 is 0 Å². The standard InChI is InChI=1S/C16H26N2/c1-2-13-8-10-14(11-9-13)12-16(18-17)15-6-4-3-5-7-15/h8-11,15-16,18H,2-7,12,17H2,1H3. The molecule has 0 radical (unpaired) electrons. The van der Waals surface area contributed by atoms with E-state index in [9.17, 15) is 0 Å². The quantitative estimate of drug-likeness (QED) is 0.618. The second-order valence-electron chi connectivity index (χ2n) is 5.55. The number of hydrogen-bond acceptors (Lipinski definition) is 2. The van der Waals surface area contributed by atoms with Crippen LogP contribution in [0.3, 0.4) is 0 Å². The molecule has 0 aliphatic heterocycles. The number of nitrogens with one attached hydrogen (secondary N) is 1. The fourth-order valence-corrected chi connectivity index (χ4v) is 3.06. The van der Waals surface area contributed by atoms with Gasteiger partial charge in [-0.1, -0.05) is 50.5 Å². The average molecular weight is 246 g/mol. The van der Waals surface area contributed by atoms with Gasteiger partial charge in [0.05, 0.1) is 0 Å². The van der Waals surface area contributed by atoms with Gasteiger partial charge in [-0.15, -0.1) is 0 Å². The largest absolute Gasteiger partial charge is 0.271 e. The second kappa shape index (κ2) is 6.91. The Morgan fingerprint density at radius 2 is 1.72 bits per heavy atom. The molecule has 0 amide bonds. The van der Waals surface area contributed by atoms with Gasteiger partial charge >= 0.3 is 0 Å². The first kappa shape index (κ1) is 13.6. The molecular weight excluding hydrogens is 220 g/mol. The van der Waals surface area contributed by atoms with Crippen LogP contribution in [0.15, 0.2) is 24.3 Å². The molecule has 0 aromatic heterocycles. The molecule has 1 aromatic rings. The van der Waals surface area contributed by atoms with Crippen molar-refractivity contribution in [2.45, 2.75) is 57.9 Å². The van der Waals surface area contributed by atoms with Gasteiger partial charge in [0.1, 0.15) is 0 Å². The molecule has 0 spiro atoms. The van der Waals surface area contributed by atoms with Gasteiger partial charge in [-0.05, 0) is 42.7 Å². The summed E-state index contributed by atoms with van der Waals surface area (Å²) < 4.78 is 0. The van der Waals surface area contributed by atoms with Crippen LogP contribution >= 0.6 is 0 Å². The Morgan fingerprint density at radius 3 is 2.28 bits per heavy atom.